The highest BCUT2D eigenvalue weighted by molar-refractivity contribution is 7.91. The van der Waals surface area contributed by atoms with Crippen molar-refractivity contribution in [3.8, 4) is 0 Å². The molecule has 0 aliphatic heterocycles. The van der Waals surface area contributed by atoms with Crippen molar-refractivity contribution >= 4 is 47.8 Å². The minimum absolute atomic E-state index is 0.00138. The number of nitrogens with two attached hydrogens (primary N) is 1. The van der Waals surface area contributed by atoms with Gasteiger partial charge in [-0.1, -0.05) is 13.0 Å². The zero-order chi connectivity index (χ0) is 20.5. The van der Waals surface area contributed by atoms with E-state index in [0.29, 0.717) is 27.8 Å². The Morgan fingerprint density at radius 1 is 0.857 bits per heavy atom. The molecule has 8 nitrogen and oxygen atoms in total. The van der Waals surface area contributed by atoms with E-state index in [0.717, 1.165) is 0 Å². The molecular formula is C18H17N3O5S2. The molecule has 0 saturated carbocycles. The van der Waals surface area contributed by atoms with E-state index in [9.17, 15) is 21.4 Å². The first-order valence-electron chi connectivity index (χ1n) is 8.16. The monoisotopic (exact) mass is 419 g/mol. The molecule has 0 aliphatic carbocycles. The molecule has 0 saturated heterocycles. The van der Waals surface area contributed by atoms with E-state index in [4.69, 9.17) is 5.73 Å². The van der Waals surface area contributed by atoms with Gasteiger partial charge in [-0.25, -0.2) is 8.42 Å². The molecule has 0 atom stereocenters. The van der Waals surface area contributed by atoms with Gasteiger partial charge in [-0.2, -0.15) is 13.5 Å². The Morgan fingerprint density at radius 2 is 1.50 bits per heavy atom. The largest absolute Gasteiger partial charge is 0.398 e. The van der Waals surface area contributed by atoms with E-state index < -0.39 is 20.0 Å². The maximum Gasteiger partial charge on any atom is 0.294 e. The summed E-state index contributed by atoms with van der Waals surface area (Å²) in [6.45, 7) is 1.57. The van der Waals surface area contributed by atoms with Gasteiger partial charge in [-0.15, -0.1) is 5.11 Å². The highest BCUT2D eigenvalue weighted by Crippen LogP contribution is 2.33. The number of azo groups is 1. The first-order chi connectivity index (χ1) is 13.1. The van der Waals surface area contributed by atoms with Crippen LogP contribution in [0.25, 0.3) is 10.8 Å². The van der Waals surface area contributed by atoms with Gasteiger partial charge in [0.15, 0.2) is 9.84 Å². The van der Waals surface area contributed by atoms with Crippen molar-refractivity contribution in [3.05, 3.63) is 54.6 Å². The van der Waals surface area contributed by atoms with Crippen LogP contribution in [-0.4, -0.2) is 27.1 Å². The molecular weight excluding hydrogens is 402 g/mol. The number of nitrogens with zero attached hydrogens (tertiary/aromatic N) is 2. The molecule has 3 N–H and O–H groups in total. The predicted octanol–water partition coefficient (Wildman–Crippen LogP) is 3.88. The molecule has 0 fully saturated rings. The van der Waals surface area contributed by atoms with Crippen LogP contribution in [0.1, 0.15) is 6.92 Å². The van der Waals surface area contributed by atoms with Crippen LogP contribution in [-0.2, 0) is 20.0 Å². The summed E-state index contributed by atoms with van der Waals surface area (Å²) < 4.78 is 55.8. The summed E-state index contributed by atoms with van der Waals surface area (Å²) >= 11 is 0. The molecule has 3 rings (SSSR count). The molecule has 0 radical (unpaired) electrons. The van der Waals surface area contributed by atoms with Gasteiger partial charge in [-0.05, 0) is 48.5 Å². The molecule has 0 bridgehead atoms. The fraction of sp³-hybridized carbons (Fsp3) is 0.111. The van der Waals surface area contributed by atoms with Crippen LogP contribution in [0.4, 0.5) is 17.1 Å². The zero-order valence-corrected chi connectivity index (χ0v) is 16.4. The first-order valence-corrected chi connectivity index (χ1v) is 11.3. The van der Waals surface area contributed by atoms with Crippen LogP contribution >= 0.6 is 0 Å². The molecule has 10 heteroatoms. The SMILES string of the molecule is CCS(=O)(=O)c1ccc(/N=N/c2ccc(N)c3ccc(S(=O)(=O)O)cc23)cc1. The molecule has 0 spiro atoms. The molecule has 0 aliphatic rings. The number of sulfone groups is 1. The smallest absolute Gasteiger partial charge is 0.294 e. The molecule has 28 heavy (non-hydrogen) atoms. The third-order valence-corrected chi connectivity index (χ3v) is 6.75. The Bertz CT molecular complexity index is 1280. The van der Waals surface area contributed by atoms with Crippen molar-refractivity contribution in [2.75, 3.05) is 11.5 Å². The number of hydrogen-bond acceptors (Lipinski definition) is 7. The summed E-state index contributed by atoms with van der Waals surface area (Å²) in [6.07, 6.45) is 0. The summed E-state index contributed by atoms with van der Waals surface area (Å²) in [5.41, 5.74) is 7.11. The van der Waals surface area contributed by atoms with Gasteiger partial charge < -0.3 is 5.73 Å². The van der Waals surface area contributed by atoms with Gasteiger partial charge in [0.2, 0.25) is 0 Å². The average Bonchev–Trinajstić information content (AvgIpc) is 2.67. The maximum absolute atomic E-state index is 11.8. The van der Waals surface area contributed by atoms with Gasteiger partial charge in [0.05, 0.1) is 26.9 Å². The van der Waals surface area contributed by atoms with E-state index in [2.05, 4.69) is 10.2 Å². The molecule has 3 aromatic carbocycles. The lowest BCUT2D eigenvalue weighted by molar-refractivity contribution is 0.483. The molecule has 146 valence electrons. The van der Waals surface area contributed by atoms with Crippen molar-refractivity contribution in [2.24, 2.45) is 10.2 Å². The molecule has 0 unspecified atom stereocenters. The van der Waals surface area contributed by atoms with Crippen LogP contribution in [0.3, 0.4) is 0 Å². The van der Waals surface area contributed by atoms with E-state index in [1.165, 1.54) is 42.5 Å². The summed E-state index contributed by atoms with van der Waals surface area (Å²) in [4.78, 5) is -0.0825. The minimum atomic E-state index is -4.38. The topological polar surface area (TPSA) is 139 Å². The normalized spacial score (nSPS) is 12.6. The van der Waals surface area contributed by atoms with Crippen molar-refractivity contribution in [3.63, 3.8) is 0 Å². The van der Waals surface area contributed by atoms with Gasteiger partial charge in [0.25, 0.3) is 10.1 Å². The van der Waals surface area contributed by atoms with Crippen molar-refractivity contribution in [2.45, 2.75) is 16.7 Å². The lowest BCUT2D eigenvalue weighted by Gasteiger charge is -2.06. The third-order valence-electron chi connectivity index (χ3n) is 4.15. The Morgan fingerprint density at radius 3 is 2.11 bits per heavy atom. The van der Waals surface area contributed by atoms with Gasteiger partial charge in [-0.3, -0.25) is 4.55 Å². The first kappa shape index (κ1) is 19.9. The number of nitrogen functional groups attached to an aromatic ring is 1. The Kier molecular flexibility index (Phi) is 5.20. The van der Waals surface area contributed by atoms with Gasteiger partial charge >= 0.3 is 0 Å². The zero-order valence-electron chi connectivity index (χ0n) is 14.8. The second kappa shape index (κ2) is 7.30. The van der Waals surface area contributed by atoms with Crippen molar-refractivity contribution in [1.82, 2.24) is 0 Å². The second-order valence-electron chi connectivity index (χ2n) is 5.95. The third kappa shape index (κ3) is 4.03. The van der Waals surface area contributed by atoms with Crippen molar-refractivity contribution < 1.29 is 21.4 Å². The number of benzene rings is 3. The molecule has 0 amide bonds. The molecule has 0 aromatic heterocycles. The Hall–Kier alpha value is -2.82. The maximum atomic E-state index is 11.8. The lowest BCUT2D eigenvalue weighted by atomic mass is 10.1. The number of hydrogen-bond donors (Lipinski definition) is 2. The van der Waals surface area contributed by atoms with Gasteiger partial charge in [0.1, 0.15) is 0 Å². The number of anilines is 1. The van der Waals surface area contributed by atoms with Crippen molar-refractivity contribution in [1.29, 1.82) is 0 Å². The summed E-state index contributed by atoms with van der Waals surface area (Å²) in [5, 5.41) is 9.17. The van der Waals surface area contributed by atoms with Crippen LogP contribution in [0, 0.1) is 0 Å². The van der Waals surface area contributed by atoms with E-state index in [1.54, 1.807) is 19.1 Å². The summed E-state index contributed by atoms with van der Waals surface area (Å²) in [7, 11) is -7.68. The predicted molar refractivity (Wildman–Crippen MR) is 107 cm³/mol. The van der Waals surface area contributed by atoms with E-state index in [-0.39, 0.29) is 15.5 Å². The highest BCUT2D eigenvalue weighted by atomic mass is 32.2. The van der Waals surface area contributed by atoms with Gasteiger partial charge in [0, 0.05) is 16.5 Å². The highest BCUT2D eigenvalue weighted by Gasteiger charge is 2.13. The van der Waals surface area contributed by atoms with E-state index >= 15 is 0 Å². The quantitative estimate of drug-likeness (QED) is 0.365. The summed E-state index contributed by atoms with van der Waals surface area (Å²) in [6, 6.07) is 13.1. The standard InChI is InChI=1S/C18H17N3O5S2/c1-2-27(22,23)13-5-3-12(4-6-13)20-21-18-10-9-17(19)15-8-7-14(11-16(15)18)28(24,25)26/h3-11H,2,19H2,1H3,(H,24,25,26)/b21-20+. The second-order valence-corrected chi connectivity index (χ2v) is 9.65. The van der Waals surface area contributed by atoms with Crippen LogP contribution in [0.15, 0.2) is 74.6 Å². The lowest BCUT2D eigenvalue weighted by Crippen LogP contribution is -2.02. The fourth-order valence-electron chi connectivity index (χ4n) is 2.58. The molecule has 0 heterocycles. The Balaban J connectivity index is 2.03. The van der Waals surface area contributed by atoms with Crippen LogP contribution in [0.2, 0.25) is 0 Å². The Labute approximate surface area is 162 Å². The van der Waals surface area contributed by atoms with Crippen LogP contribution in [0.5, 0.6) is 0 Å². The van der Waals surface area contributed by atoms with E-state index in [1.807, 2.05) is 0 Å². The molecule has 3 aromatic rings. The fourth-order valence-corrected chi connectivity index (χ4v) is 3.97. The summed E-state index contributed by atoms with van der Waals surface area (Å²) in [5.74, 6) is 0.00138. The van der Waals surface area contributed by atoms with Crippen LogP contribution < -0.4 is 5.73 Å². The number of rotatable bonds is 5. The minimum Gasteiger partial charge on any atom is -0.398 e. The number of fused-ring (bicyclic) bond motifs is 1. The average molecular weight is 419 g/mol.